The second-order valence-electron chi connectivity index (χ2n) is 6.33. The zero-order chi connectivity index (χ0) is 20.8. The first-order chi connectivity index (χ1) is 12.7. The van der Waals surface area contributed by atoms with Gasteiger partial charge in [0.25, 0.3) is 0 Å². The molecule has 12 heteroatoms. The fourth-order valence-corrected chi connectivity index (χ4v) is 4.59. The first kappa shape index (κ1) is 27.1. The molecule has 0 bridgehead atoms. The van der Waals surface area contributed by atoms with Crippen molar-refractivity contribution in [1.29, 1.82) is 0 Å². The summed E-state index contributed by atoms with van der Waals surface area (Å²) in [4.78, 5) is 9.78. The average molecular weight is 436 g/mol. The van der Waals surface area contributed by atoms with E-state index in [1.165, 1.54) is 0 Å². The number of unbranched alkanes of at least 4 members (excludes halogenated alkanes) is 4. The van der Waals surface area contributed by atoms with Crippen LogP contribution in [-0.2, 0) is 27.0 Å². The fourth-order valence-electron chi connectivity index (χ4n) is 1.80. The molecule has 0 aromatic heterocycles. The zero-order valence-corrected chi connectivity index (χ0v) is 17.9. The Labute approximate surface area is 161 Å². The van der Waals surface area contributed by atoms with Crippen LogP contribution < -0.4 is 0 Å². The van der Waals surface area contributed by atoms with Crippen LogP contribution in [0.25, 0.3) is 0 Å². The summed E-state index contributed by atoms with van der Waals surface area (Å²) in [6.07, 6.45) is 4.36. The van der Waals surface area contributed by atoms with Gasteiger partial charge >= 0.3 is 15.6 Å². The SMILES string of the molecule is CCCCCOP(=O)(O)OP(=O)(OCCCCC)OCC(CO)(CO)CO. The molecule has 0 heterocycles. The molecule has 0 fully saturated rings. The highest BCUT2D eigenvalue weighted by Gasteiger charge is 2.41. The Morgan fingerprint density at radius 3 is 1.70 bits per heavy atom. The Hall–Kier alpha value is 0.140. The van der Waals surface area contributed by atoms with Crippen molar-refractivity contribution >= 4 is 15.6 Å². The van der Waals surface area contributed by atoms with E-state index in [1.54, 1.807) is 0 Å². The predicted octanol–water partition coefficient (Wildman–Crippen LogP) is 2.61. The number of aliphatic hydroxyl groups is 3. The number of hydrogen-bond acceptors (Lipinski definition) is 9. The summed E-state index contributed by atoms with van der Waals surface area (Å²) in [7, 11) is -9.26. The van der Waals surface area contributed by atoms with Crippen LogP contribution in [0.4, 0.5) is 0 Å². The molecule has 10 nitrogen and oxygen atoms in total. The van der Waals surface area contributed by atoms with E-state index in [-0.39, 0.29) is 13.2 Å². The van der Waals surface area contributed by atoms with Gasteiger partial charge in [-0.1, -0.05) is 39.5 Å². The van der Waals surface area contributed by atoms with E-state index in [1.807, 2.05) is 13.8 Å². The third-order valence-corrected chi connectivity index (χ3v) is 6.82. The van der Waals surface area contributed by atoms with Gasteiger partial charge in [-0.2, -0.15) is 4.31 Å². The standard InChI is InChI=1S/C15H34O10P2/c1-3-5-7-9-22-26(19,20)25-27(21,23-10-8-6-4-2)24-14-15(11-16,12-17)13-18/h16-18H,3-14H2,1-2H3,(H,19,20). The second kappa shape index (κ2) is 14.2. The molecule has 164 valence electrons. The number of hydrogen-bond donors (Lipinski definition) is 4. The highest BCUT2D eigenvalue weighted by Crippen LogP contribution is 2.63. The van der Waals surface area contributed by atoms with Gasteiger partial charge in [-0.05, 0) is 12.8 Å². The first-order valence-corrected chi connectivity index (χ1v) is 12.1. The third kappa shape index (κ3) is 11.7. The van der Waals surface area contributed by atoms with Crippen LogP contribution in [-0.4, -0.2) is 59.9 Å². The summed E-state index contributed by atoms with van der Waals surface area (Å²) in [6, 6.07) is 0. The highest BCUT2D eigenvalue weighted by molar-refractivity contribution is 7.61. The number of phosphoric acid groups is 2. The molecule has 2 atom stereocenters. The van der Waals surface area contributed by atoms with Crippen molar-refractivity contribution < 1.29 is 47.2 Å². The molecule has 0 aliphatic heterocycles. The minimum Gasteiger partial charge on any atom is -0.396 e. The Bertz CT molecular complexity index is 461. The monoisotopic (exact) mass is 436 g/mol. The molecule has 0 aliphatic rings. The largest absolute Gasteiger partial charge is 0.483 e. The van der Waals surface area contributed by atoms with Crippen molar-refractivity contribution in [2.45, 2.75) is 52.4 Å². The van der Waals surface area contributed by atoms with Crippen LogP contribution in [0.5, 0.6) is 0 Å². The van der Waals surface area contributed by atoms with E-state index in [9.17, 15) is 29.3 Å². The maximum atomic E-state index is 12.8. The van der Waals surface area contributed by atoms with Crippen molar-refractivity contribution in [2.75, 3.05) is 39.6 Å². The topological polar surface area (TPSA) is 152 Å². The van der Waals surface area contributed by atoms with Gasteiger partial charge in [0.05, 0.1) is 45.1 Å². The number of phosphoric ester groups is 2. The summed E-state index contributed by atoms with van der Waals surface area (Å²) in [6.45, 7) is 1.18. The van der Waals surface area contributed by atoms with Crippen LogP contribution in [0, 0.1) is 5.41 Å². The molecule has 0 aromatic carbocycles. The van der Waals surface area contributed by atoms with Gasteiger partial charge in [-0.25, -0.2) is 9.13 Å². The van der Waals surface area contributed by atoms with Gasteiger partial charge < -0.3 is 20.2 Å². The summed E-state index contributed by atoms with van der Waals surface area (Å²) < 4.78 is 44.3. The van der Waals surface area contributed by atoms with Crippen LogP contribution in [0.2, 0.25) is 0 Å². The van der Waals surface area contributed by atoms with E-state index < -0.39 is 47.5 Å². The lowest BCUT2D eigenvalue weighted by atomic mass is 9.93. The zero-order valence-electron chi connectivity index (χ0n) is 16.1. The van der Waals surface area contributed by atoms with E-state index in [4.69, 9.17) is 13.6 Å². The summed E-state index contributed by atoms with van der Waals surface area (Å²) in [5.41, 5.74) is -1.51. The van der Waals surface area contributed by atoms with Crippen molar-refractivity contribution in [2.24, 2.45) is 5.41 Å². The quantitative estimate of drug-likeness (QED) is 0.186. The van der Waals surface area contributed by atoms with Crippen molar-refractivity contribution in [1.82, 2.24) is 0 Å². The lowest BCUT2D eigenvalue weighted by Gasteiger charge is -2.29. The fraction of sp³-hybridized carbons (Fsp3) is 1.00. The molecular weight excluding hydrogens is 402 g/mol. The molecule has 0 spiro atoms. The van der Waals surface area contributed by atoms with Crippen molar-refractivity contribution in [3.05, 3.63) is 0 Å². The van der Waals surface area contributed by atoms with E-state index >= 15 is 0 Å². The molecule has 0 radical (unpaired) electrons. The van der Waals surface area contributed by atoms with Gasteiger partial charge in [0.1, 0.15) is 0 Å². The van der Waals surface area contributed by atoms with E-state index in [0.29, 0.717) is 12.8 Å². The molecule has 0 saturated carbocycles. The normalized spacial score (nSPS) is 16.8. The third-order valence-electron chi connectivity index (χ3n) is 3.74. The van der Waals surface area contributed by atoms with Gasteiger partial charge in [0.2, 0.25) is 0 Å². The van der Waals surface area contributed by atoms with E-state index in [0.717, 1.165) is 25.7 Å². The van der Waals surface area contributed by atoms with E-state index in [2.05, 4.69) is 4.31 Å². The number of aliphatic hydroxyl groups excluding tert-OH is 3. The summed E-state index contributed by atoms with van der Waals surface area (Å²) in [5, 5.41) is 28.0. The molecular formula is C15H34O10P2. The minimum absolute atomic E-state index is 0.0503. The van der Waals surface area contributed by atoms with Crippen molar-refractivity contribution in [3.8, 4) is 0 Å². The smallest absolute Gasteiger partial charge is 0.396 e. The maximum absolute atomic E-state index is 12.8. The van der Waals surface area contributed by atoms with Gasteiger partial charge in [0.15, 0.2) is 0 Å². The number of rotatable bonds is 18. The van der Waals surface area contributed by atoms with Crippen LogP contribution in [0.15, 0.2) is 0 Å². The van der Waals surface area contributed by atoms with Gasteiger partial charge in [0, 0.05) is 0 Å². The Morgan fingerprint density at radius 1 is 0.778 bits per heavy atom. The van der Waals surface area contributed by atoms with Crippen LogP contribution in [0.1, 0.15) is 52.4 Å². The van der Waals surface area contributed by atoms with Gasteiger partial charge in [-0.15, -0.1) is 0 Å². The van der Waals surface area contributed by atoms with Crippen LogP contribution >= 0.6 is 15.6 Å². The van der Waals surface area contributed by atoms with Crippen molar-refractivity contribution in [3.63, 3.8) is 0 Å². The molecule has 0 rings (SSSR count). The minimum atomic E-state index is -4.72. The Kier molecular flexibility index (Phi) is 14.2. The maximum Gasteiger partial charge on any atom is 0.483 e. The lowest BCUT2D eigenvalue weighted by Crippen LogP contribution is -2.38. The second-order valence-corrected chi connectivity index (χ2v) is 9.59. The molecule has 2 unspecified atom stereocenters. The van der Waals surface area contributed by atoms with Gasteiger partial charge in [-0.3, -0.25) is 13.6 Å². The van der Waals surface area contributed by atoms with Crippen LogP contribution in [0.3, 0.4) is 0 Å². The molecule has 0 amide bonds. The average Bonchev–Trinajstić information content (AvgIpc) is 2.64. The highest BCUT2D eigenvalue weighted by atomic mass is 31.3. The predicted molar refractivity (Wildman–Crippen MR) is 99.1 cm³/mol. The molecule has 4 N–H and O–H groups in total. The molecule has 0 saturated heterocycles. The summed E-state index contributed by atoms with van der Waals surface area (Å²) >= 11 is 0. The lowest BCUT2D eigenvalue weighted by molar-refractivity contribution is -0.0340. The summed E-state index contributed by atoms with van der Waals surface area (Å²) in [5.74, 6) is 0. The first-order valence-electron chi connectivity index (χ1n) is 9.12. The molecule has 27 heavy (non-hydrogen) atoms. The molecule has 0 aromatic rings. The molecule has 0 aliphatic carbocycles. The Morgan fingerprint density at radius 2 is 1.26 bits per heavy atom. The Balaban J connectivity index is 5.01.